The third-order valence-corrected chi connectivity index (χ3v) is 1.07. The summed E-state index contributed by atoms with van der Waals surface area (Å²) in [6.45, 7) is 3.86. The van der Waals surface area contributed by atoms with Gasteiger partial charge in [0.05, 0.1) is 0 Å². The molecule has 1 radical (unpaired) electrons. The van der Waals surface area contributed by atoms with Gasteiger partial charge in [-0.25, -0.2) is 0 Å². The molecule has 0 aromatic heterocycles. The van der Waals surface area contributed by atoms with Crippen molar-refractivity contribution in [3.8, 4) is 0 Å². The normalized spacial score (nSPS) is 28.4. The smallest absolute Gasteiger partial charge is 0.0195 e. The summed E-state index contributed by atoms with van der Waals surface area (Å²) in [5.74, 6) is 0.519. The van der Waals surface area contributed by atoms with Crippen LogP contribution in [-0.4, -0.2) is 0 Å². The monoisotopic (exact) mass is 93.1 g/mol. The molecule has 0 spiro atoms. The van der Waals surface area contributed by atoms with E-state index in [1.54, 1.807) is 0 Å². The Balaban J connectivity index is 2.49. The minimum Gasteiger partial charge on any atom is -0.0840 e. The fourth-order valence-electron chi connectivity index (χ4n) is 0.632. The fourth-order valence-corrected chi connectivity index (χ4v) is 0.632. The van der Waals surface area contributed by atoms with Crippen molar-refractivity contribution in [3.05, 3.63) is 31.2 Å². The topological polar surface area (TPSA) is 0 Å². The molecule has 0 aromatic rings. The van der Waals surface area contributed by atoms with Crippen LogP contribution in [0.3, 0.4) is 0 Å². The van der Waals surface area contributed by atoms with Crippen LogP contribution in [0.25, 0.3) is 0 Å². The van der Waals surface area contributed by atoms with Gasteiger partial charge in [-0.05, 0) is 19.3 Å². The Morgan fingerprint density at radius 3 is 2.57 bits per heavy atom. The van der Waals surface area contributed by atoms with Gasteiger partial charge < -0.3 is 0 Å². The molecule has 0 saturated heterocycles. The highest BCUT2D eigenvalue weighted by molar-refractivity contribution is 5.11. The van der Waals surface area contributed by atoms with E-state index in [1.807, 2.05) is 6.08 Å². The molecule has 37 valence electrons. The van der Waals surface area contributed by atoms with Gasteiger partial charge in [-0.15, -0.1) is 0 Å². The summed E-state index contributed by atoms with van der Waals surface area (Å²) < 4.78 is 0. The SMILES string of the molecule is [CH2]C1C=CC=CC1. The second-order valence-corrected chi connectivity index (χ2v) is 1.81. The van der Waals surface area contributed by atoms with E-state index in [0.29, 0.717) is 5.92 Å². The first-order valence-electron chi connectivity index (χ1n) is 2.56. The van der Waals surface area contributed by atoms with Crippen LogP contribution < -0.4 is 0 Å². The minimum atomic E-state index is 0.519. The molecule has 7 heavy (non-hydrogen) atoms. The van der Waals surface area contributed by atoms with Gasteiger partial charge in [0.25, 0.3) is 0 Å². The third-order valence-electron chi connectivity index (χ3n) is 1.07. The molecular formula is C7H9. The molecule has 0 heteroatoms. The Morgan fingerprint density at radius 1 is 1.43 bits per heavy atom. The number of rotatable bonds is 0. The summed E-state index contributed by atoms with van der Waals surface area (Å²) in [5.41, 5.74) is 0. The van der Waals surface area contributed by atoms with Crippen molar-refractivity contribution in [1.82, 2.24) is 0 Å². The fraction of sp³-hybridized carbons (Fsp3) is 0.286. The van der Waals surface area contributed by atoms with E-state index in [9.17, 15) is 0 Å². The van der Waals surface area contributed by atoms with Crippen molar-refractivity contribution in [2.24, 2.45) is 5.92 Å². The molecule has 1 aliphatic rings. The molecule has 1 atom stereocenters. The molecule has 1 rings (SSSR count). The van der Waals surface area contributed by atoms with Crippen molar-refractivity contribution >= 4 is 0 Å². The van der Waals surface area contributed by atoms with Crippen LogP contribution >= 0.6 is 0 Å². The van der Waals surface area contributed by atoms with Crippen LogP contribution in [0.4, 0.5) is 0 Å². The second kappa shape index (κ2) is 1.97. The Morgan fingerprint density at radius 2 is 2.29 bits per heavy atom. The zero-order chi connectivity index (χ0) is 5.11. The van der Waals surface area contributed by atoms with E-state index in [1.165, 1.54) is 0 Å². The minimum absolute atomic E-state index is 0.519. The van der Waals surface area contributed by atoms with E-state index in [-0.39, 0.29) is 0 Å². The van der Waals surface area contributed by atoms with Crippen molar-refractivity contribution in [3.63, 3.8) is 0 Å². The molecular weight excluding hydrogens is 84.1 g/mol. The average molecular weight is 93.1 g/mol. The first kappa shape index (κ1) is 4.63. The Kier molecular flexibility index (Phi) is 1.30. The lowest BCUT2D eigenvalue weighted by molar-refractivity contribution is 0.818. The Bertz CT molecular complexity index is 98.6. The quantitative estimate of drug-likeness (QED) is 0.429. The highest BCUT2D eigenvalue weighted by atomic mass is 14.0. The highest BCUT2D eigenvalue weighted by Gasteiger charge is 1.93. The molecule has 0 amide bonds. The molecule has 0 N–H and O–H groups in total. The predicted molar refractivity (Wildman–Crippen MR) is 31.7 cm³/mol. The summed E-state index contributed by atoms with van der Waals surface area (Å²) in [7, 11) is 0. The maximum atomic E-state index is 3.86. The van der Waals surface area contributed by atoms with E-state index in [2.05, 4.69) is 25.2 Å². The van der Waals surface area contributed by atoms with Gasteiger partial charge in [-0.1, -0.05) is 24.3 Å². The van der Waals surface area contributed by atoms with Crippen molar-refractivity contribution in [2.75, 3.05) is 0 Å². The van der Waals surface area contributed by atoms with E-state index >= 15 is 0 Å². The lowest BCUT2D eigenvalue weighted by atomic mass is 10.0. The van der Waals surface area contributed by atoms with Gasteiger partial charge in [-0.3, -0.25) is 0 Å². The molecule has 0 heterocycles. The zero-order valence-electron chi connectivity index (χ0n) is 4.30. The third kappa shape index (κ3) is 1.19. The molecule has 1 unspecified atom stereocenters. The lowest BCUT2D eigenvalue weighted by Gasteiger charge is -2.02. The number of allylic oxidation sites excluding steroid dienone is 4. The Labute approximate surface area is 44.5 Å². The lowest BCUT2D eigenvalue weighted by Crippen LogP contribution is -1.88. The van der Waals surface area contributed by atoms with Crippen LogP contribution in [-0.2, 0) is 0 Å². The molecule has 0 fully saturated rings. The van der Waals surface area contributed by atoms with Crippen LogP contribution in [0.2, 0.25) is 0 Å². The van der Waals surface area contributed by atoms with E-state index in [4.69, 9.17) is 0 Å². The average Bonchev–Trinajstić information content (AvgIpc) is 1.69. The largest absolute Gasteiger partial charge is 0.0840 e. The first-order valence-corrected chi connectivity index (χ1v) is 2.56. The van der Waals surface area contributed by atoms with Gasteiger partial charge in [0.1, 0.15) is 0 Å². The van der Waals surface area contributed by atoms with Crippen molar-refractivity contribution in [2.45, 2.75) is 6.42 Å². The summed E-state index contributed by atoms with van der Waals surface area (Å²) in [6, 6.07) is 0. The molecule has 1 aliphatic carbocycles. The second-order valence-electron chi connectivity index (χ2n) is 1.81. The number of hydrogen-bond acceptors (Lipinski definition) is 0. The molecule has 0 aromatic carbocycles. The van der Waals surface area contributed by atoms with Crippen molar-refractivity contribution in [1.29, 1.82) is 0 Å². The standard InChI is InChI=1S/C7H9/c1-7-5-3-2-4-6-7/h2-5,7H,1,6H2. The van der Waals surface area contributed by atoms with Crippen LogP contribution in [0, 0.1) is 12.8 Å². The van der Waals surface area contributed by atoms with E-state index in [0.717, 1.165) is 6.42 Å². The van der Waals surface area contributed by atoms with Gasteiger partial charge in [0, 0.05) is 0 Å². The summed E-state index contributed by atoms with van der Waals surface area (Å²) in [6.07, 6.45) is 9.46. The summed E-state index contributed by atoms with van der Waals surface area (Å²) >= 11 is 0. The van der Waals surface area contributed by atoms with Gasteiger partial charge >= 0.3 is 0 Å². The van der Waals surface area contributed by atoms with Crippen LogP contribution in [0.1, 0.15) is 6.42 Å². The number of hydrogen-bond donors (Lipinski definition) is 0. The van der Waals surface area contributed by atoms with Gasteiger partial charge in [0.15, 0.2) is 0 Å². The molecule has 0 bridgehead atoms. The highest BCUT2D eigenvalue weighted by Crippen LogP contribution is 2.07. The van der Waals surface area contributed by atoms with Crippen LogP contribution in [0.5, 0.6) is 0 Å². The molecule has 0 saturated carbocycles. The van der Waals surface area contributed by atoms with Gasteiger partial charge in [0.2, 0.25) is 0 Å². The Hall–Kier alpha value is -0.520. The van der Waals surface area contributed by atoms with E-state index < -0.39 is 0 Å². The summed E-state index contributed by atoms with van der Waals surface area (Å²) in [5, 5.41) is 0. The van der Waals surface area contributed by atoms with Gasteiger partial charge in [-0.2, -0.15) is 0 Å². The van der Waals surface area contributed by atoms with Crippen LogP contribution in [0.15, 0.2) is 24.3 Å². The molecule has 0 aliphatic heterocycles. The van der Waals surface area contributed by atoms with Crippen molar-refractivity contribution < 1.29 is 0 Å². The first-order chi connectivity index (χ1) is 3.39. The maximum Gasteiger partial charge on any atom is -0.0195 e. The zero-order valence-corrected chi connectivity index (χ0v) is 4.30. The summed E-state index contributed by atoms with van der Waals surface area (Å²) in [4.78, 5) is 0. The predicted octanol–water partition coefficient (Wildman–Crippen LogP) is 1.95. The molecule has 0 nitrogen and oxygen atoms in total. The maximum absolute atomic E-state index is 3.86.